The second-order valence-electron chi connectivity index (χ2n) is 9.89. The average Bonchev–Trinajstić information content (AvgIpc) is 3.34. The van der Waals surface area contributed by atoms with Gasteiger partial charge in [0.15, 0.2) is 0 Å². The van der Waals surface area contributed by atoms with Crippen molar-refractivity contribution in [3.8, 4) is 0 Å². The van der Waals surface area contributed by atoms with E-state index in [0.29, 0.717) is 18.7 Å². The van der Waals surface area contributed by atoms with Gasteiger partial charge in [0.2, 0.25) is 21.8 Å². The lowest BCUT2D eigenvalue weighted by Crippen LogP contribution is -2.49. The molecule has 1 N–H and O–H groups in total. The highest BCUT2D eigenvalue weighted by atomic mass is 32.2. The summed E-state index contributed by atoms with van der Waals surface area (Å²) in [4.78, 5) is 28.1. The van der Waals surface area contributed by atoms with Crippen LogP contribution < -0.4 is 9.62 Å². The minimum absolute atomic E-state index is 0.138. The first kappa shape index (κ1) is 27.7. The molecule has 1 saturated carbocycles. The molecule has 0 radical (unpaired) electrons. The summed E-state index contributed by atoms with van der Waals surface area (Å²) in [5, 5.41) is 3.11. The summed E-state index contributed by atoms with van der Waals surface area (Å²) in [6, 6.07) is 14.7. The van der Waals surface area contributed by atoms with E-state index in [0.717, 1.165) is 42.4 Å². The normalized spacial score (nSPS) is 14.9. The van der Waals surface area contributed by atoms with E-state index in [4.69, 9.17) is 0 Å². The third kappa shape index (κ3) is 7.56. The topological polar surface area (TPSA) is 86.8 Å². The predicted molar refractivity (Wildman–Crippen MR) is 144 cm³/mol. The Kier molecular flexibility index (Phi) is 9.54. The van der Waals surface area contributed by atoms with Gasteiger partial charge in [-0.3, -0.25) is 13.9 Å². The number of hydrogen-bond donors (Lipinski definition) is 1. The van der Waals surface area contributed by atoms with E-state index >= 15 is 0 Å². The Labute approximate surface area is 215 Å². The molecule has 1 unspecified atom stereocenters. The number of nitrogens with zero attached hydrogens (tertiary/aromatic N) is 2. The van der Waals surface area contributed by atoms with Gasteiger partial charge in [0, 0.05) is 25.6 Å². The van der Waals surface area contributed by atoms with Gasteiger partial charge in [-0.2, -0.15) is 0 Å². The van der Waals surface area contributed by atoms with Crippen LogP contribution in [0.4, 0.5) is 5.69 Å². The Morgan fingerprint density at radius 1 is 1.03 bits per heavy atom. The van der Waals surface area contributed by atoms with Crippen LogP contribution in [0.15, 0.2) is 48.5 Å². The van der Waals surface area contributed by atoms with Crippen LogP contribution in [0.25, 0.3) is 0 Å². The molecule has 36 heavy (non-hydrogen) atoms. The standard InChI is InChI=1S/C28H39N3O4S/c1-21-15-17-26(18-16-21)31(36(4,34)35)19-9-14-27(32)30(20-24-11-6-5-10-22(24)2)23(3)28(33)29-25-12-7-8-13-25/h5-6,10-11,15-18,23,25H,7-9,12-14,19-20H2,1-4H3,(H,29,33). The Hall–Kier alpha value is -2.87. The largest absolute Gasteiger partial charge is 0.352 e. The number of carbonyl (C=O) groups excluding carboxylic acids is 2. The molecule has 1 aliphatic carbocycles. The fourth-order valence-electron chi connectivity index (χ4n) is 4.66. The van der Waals surface area contributed by atoms with E-state index in [1.807, 2.05) is 50.2 Å². The highest BCUT2D eigenvalue weighted by molar-refractivity contribution is 7.92. The third-order valence-electron chi connectivity index (χ3n) is 6.94. The lowest BCUT2D eigenvalue weighted by Gasteiger charge is -2.30. The molecule has 1 aliphatic rings. The Morgan fingerprint density at radius 3 is 2.28 bits per heavy atom. The summed E-state index contributed by atoms with van der Waals surface area (Å²) in [6.07, 6.45) is 5.85. The zero-order valence-corrected chi connectivity index (χ0v) is 22.7. The van der Waals surface area contributed by atoms with Gasteiger partial charge in [-0.1, -0.05) is 54.8 Å². The van der Waals surface area contributed by atoms with Crippen LogP contribution in [0.2, 0.25) is 0 Å². The van der Waals surface area contributed by atoms with E-state index in [-0.39, 0.29) is 30.8 Å². The number of rotatable bonds is 11. The molecule has 1 fully saturated rings. The van der Waals surface area contributed by atoms with Crippen molar-refractivity contribution >= 4 is 27.5 Å². The quantitative estimate of drug-likeness (QED) is 0.485. The van der Waals surface area contributed by atoms with Crippen LogP contribution >= 0.6 is 0 Å². The van der Waals surface area contributed by atoms with Gasteiger partial charge >= 0.3 is 0 Å². The maximum atomic E-state index is 13.4. The molecule has 0 bridgehead atoms. The van der Waals surface area contributed by atoms with Crippen LogP contribution in [0.5, 0.6) is 0 Å². The van der Waals surface area contributed by atoms with Crippen molar-refractivity contribution in [1.82, 2.24) is 10.2 Å². The molecule has 0 aliphatic heterocycles. The number of carbonyl (C=O) groups is 2. The highest BCUT2D eigenvalue weighted by Crippen LogP contribution is 2.21. The minimum Gasteiger partial charge on any atom is -0.352 e. The van der Waals surface area contributed by atoms with Gasteiger partial charge in [-0.05, 0) is 63.3 Å². The van der Waals surface area contributed by atoms with E-state index in [1.54, 1.807) is 24.0 Å². The molecule has 2 aromatic carbocycles. The number of aryl methyl sites for hydroxylation is 2. The molecule has 3 rings (SSSR count). The number of hydrogen-bond acceptors (Lipinski definition) is 4. The molecule has 8 heteroatoms. The van der Waals surface area contributed by atoms with Crippen molar-refractivity contribution in [2.45, 2.75) is 77.9 Å². The van der Waals surface area contributed by atoms with E-state index < -0.39 is 16.1 Å². The molecule has 0 heterocycles. The molecule has 196 valence electrons. The first-order valence-corrected chi connectivity index (χ1v) is 14.6. The summed E-state index contributed by atoms with van der Waals surface area (Å²) in [5.41, 5.74) is 3.67. The number of nitrogens with one attached hydrogen (secondary N) is 1. The molecule has 2 aromatic rings. The van der Waals surface area contributed by atoms with Crippen LogP contribution in [0, 0.1) is 13.8 Å². The second kappa shape index (κ2) is 12.4. The summed E-state index contributed by atoms with van der Waals surface area (Å²) in [5.74, 6) is -0.300. The maximum Gasteiger partial charge on any atom is 0.242 e. The van der Waals surface area contributed by atoms with Gasteiger partial charge in [0.05, 0.1) is 11.9 Å². The molecular weight excluding hydrogens is 474 g/mol. The summed E-state index contributed by atoms with van der Waals surface area (Å²) in [6.45, 7) is 6.23. The summed E-state index contributed by atoms with van der Waals surface area (Å²) in [7, 11) is -3.50. The maximum absolute atomic E-state index is 13.4. The molecule has 0 aromatic heterocycles. The lowest BCUT2D eigenvalue weighted by atomic mass is 10.1. The Bertz CT molecular complexity index is 1140. The third-order valence-corrected chi connectivity index (χ3v) is 8.14. The SMILES string of the molecule is Cc1ccc(N(CCCC(=O)N(Cc2ccccc2C)C(C)C(=O)NC2CCCC2)S(C)(=O)=O)cc1. The van der Waals surface area contributed by atoms with Crippen molar-refractivity contribution in [3.05, 3.63) is 65.2 Å². The van der Waals surface area contributed by atoms with Gasteiger partial charge in [-0.25, -0.2) is 8.42 Å². The molecule has 1 atom stereocenters. The van der Waals surface area contributed by atoms with Crippen molar-refractivity contribution < 1.29 is 18.0 Å². The minimum atomic E-state index is -3.50. The molecule has 2 amide bonds. The number of amides is 2. The fourth-order valence-corrected chi connectivity index (χ4v) is 5.63. The van der Waals surface area contributed by atoms with Crippen LogP contribution in [-0.2, 0) is 26.2 Å². The number of anilines is 1. The first-order valence-electron chi connectivity index (χ1n) is 12.7. The number of benzene rings is 2. The van der Waals surface area contributed by atoms with E-state index in [9.17, 15) is 18.0 Å². The lowest BCUT2D eigenvalue weighted by molar-refractivity contribution is -0.141. The second-order valence-corrected chi connectivity index (χ2v) is 11.8. The zero-order chi connectivity index (χ0) is 26.3. The Balaban J connectivity index is 1.72. The van der Waals surface area contributed by atoms with Crippen molar-refractivity contribution in [1.29, 1.82) is 0 Å². The molecule has 0 saturated heterocycles. The first-order chi connectivity index (χ1) is 17.1. The molecule has 7 nitrogen and oxygen atoms in total. The highest BCUT2D eigenvalue weighted by Gasteiger charge is 2.29. The van der Waals surface area contributed by atoms with E-state index in [2.05, 4.69) is 5.32 Å². The van der Waals surface area contributed by atoms with Gasteiger partial charge in [0.25, 0.3) is 0 Å². The van der Waals surface area contributed by atoms with E-state index in [1.165, 1.54) is 10.6 Å². The monoisotopic (exact) mass is 513 g/mol. The zero-order valence-electron chi connectivity index (χ0n) is 21.9. The van der Waals surface area contributed by atoms with Gasteiger partial charge in [0.1, 0.15) is 6.04 Å². The summed E-state index contributed by atoms with van der Waals surface area (Å²) >= 11 is 0. The Morgan fingerprint density at radius 2 is 1.67 bits per heavy atom. The van der Waals surface area contributed by atoms with Crippen molar-refractivity contribution in [2.24, 2.45) is 0 Å². The van der Waals surface area contributed by atoms with Crippen LogP contribution in [0.1, 0.15) is 62.1 Å². The van der Waals surface area contributed by atoms with Crippen LogP contribution in [0.3, 0.4) is 0 Å². The molecule has 0 spiro atoms. The van der Waals surface area contributed by atoms with Crippen molar-refractivity contribution in [2.75, 3.05) is 17.1 Å². The summed E-state index contributed by atoms with van der Waals surface area (Å²) < 4.78 is 26.2. The smallest absolute Gasteiger partial charge is 0.242 e. The molecular formula is C28H39N3O4S. The van der Waals surface area contributed by atoms with Crippen molar-refractivity contribution in [3.63, 3.8) is 0 Å². The number of sulfonamides is 1. The van der Waals surface area contributed by atoms with Gasteiger partial charge < -0.3 is 10.2 Å². The predicted octanol–water partition coefficient (Wildman–Crippen LogP) is 4.33. The average molecular weight is 514 g/mol. The van der Waals surface area contributed by atoms with Crippen LogP contribution in [-0.4, -0.2) is 50.0 Å². The van der Waals surface area contributed by atoms with Gasteiger partial charge in [-0.15, -0.1) is 0 Å². The fraction of sp³-hybridized carbons (Fsp3) is 0.500.